The topological polar surface area (TPSA) is 71.1 Å². The molecule has 7 rings (SSSR count). The third-order valence-corrected chi connectivity index (χ3v) is 8.42. The molecule has 6 atom stereocenters. The number of hydrogen-bond donors (Lipinski definition) is 0. The number of nitro groups is 1. The first kappa shape index (κ1) is 18.1. The average molecular weight is 422 g/mol. The monoisotopic (exact) mass is 422 g/mol. The number of benzene rings is 3. The lowest BCUT2D eigenvalue weighted by molar-refractivity contribution is -0.384. The molecule has 0 radical (unpaired) electrons. The molecule has 3 aliphatic carbocycles. The number of nitrogens with zero attached hydrogens (tertiary/aromatic N) is 4. The maximum atomic E-state index is 11.1. The fraction of sp³-hybridized carbons (Fsp3) is 0.308. The van der Waals surface area contributed by atoms with E-state index in [0.717, 1.165) is 5.69 Å². The lowest BCUT2D eigenvalue weighted by Gasteiger charge is -2.29. The molecule has 32 heavy (non-hydrogen) atoms. The van der Waals surface area contributed by atoms with E-state index in [2.05, 4.69) is 65.9 Å². The first-order chi connectivity index (χ1) is 15.7. The van der Waals surface area contributed by atoms with E-state index in [0.29, 0.717) is 23.7 Å². The first-order valence-electron chi connectivity index (χ1n) is 11.3. The van der Waals surface area contributed by atoms with E-state index in [9.17, 15) is 10.1 Å². The molecule has 0 N–H and O–H groups in total. The number of fused-ring (bicyclic) bond motifs is 8. The SMILES string of the molecule is O=[N+]([O-])c1ccc(N2N=NC3C4CC(C32)C2C4C2(c2ccccc2)c2ccccc2)cc1. The van der Waals surface area contributed by atoms with Gasteiger partial charge < -0.3 is 0 Å². The predicted octanol–water partition coefficient (Wildman–Crippen LogP) is 5.40. The van der Waals surface area contributed by atoms with Crippen LogP contribution in [0.4, 0.5) is 11.4 Å². The second-order valence-electron chi connectivity index (χ2n) is 9.52. The van der Waals surface area contributed by atoms with Crippen LogP contribution >= 0.6 is 0 Å². The van der Waals surface area contributed by atoms with Crippen LogP contribution in [0.3, 0.4) is 0 Å². The zero-order valence-electron chi connectivity index (χ0n) is 17.4. The summed E-state index contributed by atoms with van der Waals surface area (Å²) in [6.07, 6.45) is 1.19. The van der Waals surface area contributed by atoms with Crippen molar-refractivity contribution in [1.29, 1.82) is 0 Å². The van der Waals surface area contributed by atoms with E-state index in [1.807, 2.05) is 5.01 Å². The Hall–Kier alpha value is -3.54. The summed E-state index contributed by atoms with van der Waals surface area (Å²) in [6.45, 7) is 0. The minimum absolute atomic E-state index is 0.0527. The minimum Gasteiger partial charge on any atom is -0.258 e. The highest BCUT2D eigenvalue weighted by molar-refractivity contribution is 5.57. The van der Waals surface area contributed by atoms with E-state index in [-0.39, 0.29) is 28.1 Å². The van der Waals surface area contributed by atoms with Crippen LogP contribution in [0.1, 0.15) is 17.5 Å². The van der Waals surface area contributed by atoms with Crippen molar-refractivity contribution in [3.8, 4) is 0 Å². The van der Waals surface area contributed by atoms with Gasteiger partial charge in [-0.3, -0.25) is 10.1 Å². The Morgan fingerprint density at radius 2 is 1.44 bits per heavy atom. The van der Waals surface area contributed by atoms with E-state index in [1.54, 1.807) is 24.3 Å². The Kier molecular flexibility index (Phi) is 3.53. The fourth-order valence-corrected chi connectivity index (χ4v) is 7.44. The van der Waals surface area contributed by atoms with Crippen LogP contribution < -0.4 is 5.01 Å². The molecule has 6 nitrogen and oxygen atoms in total. The van der Waals surface area contributed by atoms with Crippen molar-refractivity contribution in [1.82, 2.24) is 0 Å². The zero-order chi connectivity index (χ0) is 21.4. The Balaban J connectivity index is 1.28. The summed E-state index contributed by atoms with van der Waals surface area (Å²) in [4.78, 5) is 10.7. The molecule has 0 amide bonds. The fourth-order valence-electron chi connectivity index (χ4n) is 7.44. The number of anilines is 1. The van der Waals surface area contributed by atoms with Gasteiger partial charge in [0, 0.05) is 17.5 Å². The van der Waals surface area contributed by atoms with Crippen LogP contribution in [0.5, 0.6) is 0 Å². The molecule has 6 unspecified atom stereocenters. The molecule has 0 aromatic heterocycles. The highest BCUT2D eigenvalue weighted by Gasteiger charge is 2.81. The number of nitro benzene ring substituents is 1. The molecule has 1 aliphatic heterocycles. The van der Waals surface area contributed by atoms with E-state index < -0.39 is 0 Å². The van der Waals surface area contributed by atoms with Crippen LogP contribution in [0.2, 0.25) is 0 Å². The molecule has 3 fully saturated rings. The Morgan fingerprint density at radius 3 is 2.03 bits per heavy atom. The molecular weight excluding hydrogens is 400 g/mol. The second kappa shape index (κ2) is 6.25. The van der Waals surface area contributed by atoms with Crippen molar-refractivity contribution in [2.24, 2.45) is 34.0 Å². The van der Waals surface area contributed by atoms with Crippen molar-refractivity contribution in [3.05, 3.63) is 106 Å². The van der Waals surface area contributed by atoms with E-state index >= 15 is 0 Å². The molecule has 3 saturated carbocycles. The maximum absolute atomic E-state index is 11.1. The smallest absolute Gasteiger partial charge is 0.258 e. The first-order valence-corrected chi connectivity index (χ1v) is 11.3. The highest BCUT2D eigenvalue weighted by Crippen LogP contribution is 2.79. The van der Waals surface area contributed by atoms with Crippen molar-refractivity contribution < 1.29 is 4.92 Å². The van der Waals surface area contributed by atoms with E-state index in [4.69, 9.17) is 5.11 Å². The molecular formula is C26H22N4O2. The van der Waals surface area contributed by atoms with Crippen molar-refractivity contribution >= 4 is 11.4 Å². The molecule has 1 heterocycles. The summed E-state index contributed by atoms with van der Waals surface area (Å²) in [5.74, 6) is 2.18. The van der Waals surface area contributed by atoms with Gasteiger partial charge in [-0.25, -0.2) is 5.01 Å². The zero-order valence-corrected chi connectivity index (χ0v) is 17.4. The normalized spacial score (nSPS) is 32.6. The van der Waals surface area contributed by atoms with Gasteiger partial charge in [0.25, 0.3) is 5.69 Å². The summed E-state index contributed by atoms with van der Waals surface area (Å²) in [7, 11) is 0. The lowest BCUT2D eigenvalue weighted by Crippen LogP contribution is -2.40. The Bertz CT molecular complexity index is 1190. The van der Waals surface area contributed by atoms with Crippen LogP contribution in [-0.2, 0) is 5.41 Å². The predicted molar refractivity (Wildman–Crippen MR) is 120 cm³/mol. The third kappa shape index (κ3) is 2.14. The van der Waals surface area contributed by atoms with Gasteiger partial charge in [0.2, 0.25) is 0 Å². The average Bonchev–Trinajstić information content (AvgIpc) is 3.14. The number of non-ortho nitro benzene ring substituents is 1. The third-order valence-electron chi connectivity index (χ3n) is 8.42. The molecule has 6 heteroatoms. The molecule has 3 aromatic rings. The van der Waals surface area contributed by atoms with Gasteiger partial charge in [-0.2, -0.15) is 5.11 Å². The summed E-state index contributed by atoms with van der Waals surface area (Å²) in [5.41, 5.74) is 3.87. The largest absolute Gasteiger partial charge is 0.269 e. The molecule has 0 spiro atoms. The maximum Gasteiger partial charge on any atom is 0.269 e. The van der Waals surface area contributed by atoms with Gasteiger partial charge in [0.15, 0.2) is 0 Å². The molecule has 158 valence electrons. The molecule has 0 saturated heterocycles. The summed E-state index contributed by atoms with van der Waals surface area (Å²) in [6, 6.07) is 29.1. The lowest BCUT2D eigenvalue weighted by atomic mass is 9.78. The Morgan fingerprint density at radius 1 is 0.844 bits per heavy atom. The molecule has 4 aliphatic rings. The van der Waals surface area contributed by atoms with Gasteiger partial charge in [-0.15, -0.1) is 0 Å². The van der Waals surface area contributed by atoms with Crippen molar-refractivity contribution in [2.45, 2.75) is 23.9 Å². The molecule has 3 aromatic carbocycles. The van der Waals surface area contributed by atoms with Crippen LogP contribution in [-0.4, -0.2) is 17.0 Å². The highest BCUT2D eigenvalue weighted by atomic mass is 16.6. The van der Waals surface area contributed by atoms with Gasteiger partial charge in [-0.05, 0) is 53.4 Å². The summed E-state index contributed by atoms with van der Waals surface area (Å²) < 4.78 is 0. The van der Waals surface area contributed by atoms with Gasteiger partial charge in [0.05, 0.1) is 22.7 Å². The summed E-state index contributed by atoms with van der Waals surface area (Å²) >= 11 is 0. The van der Waals surface area contributed by atoms with Crippen LogP contribution in [0, 0.1) is 33.8 Å². The standard InChI is InChI=1S/C26H22N4O2/c31-30(32)19-13-11-18(12-14-19)29-25-21-15-20(24(25)27-28-29)22-23(21)26(22,16-7-3-1-4-8-16)17-9-5-2-6-10-17/h1-14,20-25H,15H2. The number of hydrogen-bond acceptors (Lipinski definition) is 5. The van der Waals surface area contributed by atoms with Gasteiger partial charge in [-0.1, -0.05) is 65.9 Å². The van der Waals surface area contributed by atoms with Crippen LogP contribution in [0.25, 0.3) is 0 Å². The van der Waals surface area contributed by atoms with Crippen molar-refractivity contribution in [3.63, 3.8) is 0 Å². The van der Waals surface area contributed by atoms with Gasteiger partial charge in [0.1, 0.15) is 0 Å². The second-order valence-corrected chi connectivity index (χ2v) is 9.52. The summed E-state index contributed by atoms with van der Waals surface area (Å²) in [5, 5.41) is 22.4. The van der Waals surface area contributed by atoms with Crippen LogP contribution in [0.15, 0.2) is 95.3 Å². The minimum atomic E-state index is -0.363. The van der Waals surface area contributed by atoms with E-state index in [1.165, 1.54) is 17.5 Å². The molecule has 2 bridgehead atoms. The Labute approximate surface area is 185 Å². The quantitative estimate of drug-likeness (QED) is 0.417. The number of rotatable bonds is 4. The van der Waals surface area contributed by atoms with Gasteiger partial charge >= 0.3 is 0 Å². The van der Waals surface area contributed by atoms with Crippen molar-refractivity contribution in [2.75, 3.05) is 5.01 Å².